The van der Waals surface area contributed by atoms with E-state index in [0.717, 1.165) is 5.56 Å². The van der Waals surface area contributed by atoms with Crippen molar-refractivity contribution < 1.29 is 24.2 Å². The quantitative estimate of drug-likeness (QED) is 0.677. The van der Waals surface area contributed by atoms with Crippen LogP contribution in [0.3, 0.4) is 0 Å². The van der Waals surface area contributed by atoms with Crippen molar-refractivity contribution in [2.45, 2.75) is 33.6 Å². The van der Waals surface area contributed by atoms with Gasteiger partial charge in [0.05, 0.1) is 12.5 Å². The standard InChI is InChI=1S/C15H20O5/c1-15(2,3)14(18)20-12-7-5-10(9-11(12)16)6-8-13(17)19-4/h5,7,9,16H,6,8H2,1-4H3. The molecule has 0 spiro atoms. The van der Waals surface area contributed by atoms with E-state index < -0.39 is 11.4 Å². The molecule has 0 aliphatic rings. The first-order valence-electron chi connectivity index (χ1n) is 6.35. The van der Waals surface area contributed by atoms with Crippen molar-refractivity contribution in [1.82, 2.24) is 0 Å². The Balaban J connectivity index is 2.73. The van der Waals surface area contributed by atoms with Crippen LogP contribution in [0, 0.1) is 5.41 Å². The van der Waals surface area contributed by atoms with Gasteiger partial charge in [-0.3, -0.25) is 9.59 Å². The van der Waals surface area contributed by atoms with Crippen LogP contribution in [0.5, 0.6) is 11.5 Å². The van der Waals surface area contributed by atoms with E-state index in [4.69, 9.17) is 4.74 Å². The molecule has 1 N–H and O–H groups in total. The maximum Gasteiger partial charge on any atom is 0.316 e. The molecule has 20 heavy (non-hydrogen) atoms. The topological polar surface area (TPSA) is 72.8 Å². The highest BCUT2D eigenvalue weighted by atomic mass is 16.5. The molecule has 1 rings (SSSR count). The molecule has 5 heteroatoms. The van der Waals surface area contributed by atoms with E-state index in [1.54, 1.807) is 26.8 Å². The number of aromatic hydroxyl groups is 1. The van der Waals surface area contributed by atoms with Crippen LogP contribution in [-0.4, -0.2) is 24.2 Å². The molecule has 5 nitrogen and oxygen atoms in total. The summed E-state index contributed by atoms with van der Waals surface area (Å²) in [5.41, 5.74) is 0.124. The van der Waals surface area contributed by atoms with Crippen LogP contribution in [0.15, 0.2) is 18.2 Å². The number of phenols is 1. The highest BCUT2D eigenvalue weighted by Crippen LogP contribution is 2.29. The molecule has 0 atom stereocenters. The predicted octanol–water partition coefficient (Wildman–Crippen LogP) is 2.45. The minimum Gasteiger partial charge on any atom is -0.504 e. The zero-order valence-electron chi connectivity index (χ0n) is 12.2. The van der Waals surface area contributed by atoms with E-state index in [1.165, 1.54) is 19.2 Å². The largest absolute Gasteiger partial charge is 0.504 e. The number of benzene rings is 1. The average Bonchev–Trinajstić information content (AvgIpc) is 2.37. The van der Waals surface area contributed by atoms with Crippen LogP contribution in [0.25, 0.3) is 0 Å². The summed E-state index contributed by atoms with van der Waals surface area (Å²) in [5, 5.41) is 9.83. The smallest absolute Gasteiger partial charge is 0.316 e. The summed E-state index contributed by atoms with van der Waals surface area (Å²) in [6.07, 6.45) is 0.685. The Morgan fingerprint density at radius 3 is 2.40 bits per heavy atom. The van der Waals surface area contributed by atoms with Gasteiger partial charge in [-0.2, -0.15) is 0 Å². The van der Waals surface area contributed by atoms with Crippen molar-refractivity contribution >= 4 is 11.9 Å². The first kappa shape index (κ1) is 16.0. The van der Waals surface area contributed by atoms with Crippen molar-refractivity contribution in [3.05, 3.63) is 23.8 Å². The maximum absolute atomic E-state index is 11.7. The number of carbonyl (C=O) groups excluding carboxylic acids is 2. The molecule has 0 aromatic heterocycles. The normalized spacial score (nSPS) is 11.0. The second kappa shape index (κ2) is 6.41. The van der Waals surface area contributed by atoms with Crippen LogP contribution in [-0.2, 0) is 20.7 Å². The Labute approximate surface area is 118 Å². The number of carbonyl (C=O) groups is 2. The Bertz CT molecular complexity index is 499. The van der Waals surface area contributed by atoms with Crippen LogP contribution in [0.4, 0.5) is 0 Å². The molecule has 0 bridgehead atoms. The van der Waals surface area contributed by atoms with Gasteiger partial charge in [0.15, 0.2) is 11.5 Å². The van der Waals surface area contributed by atoms with Gasteiger partial charge >= 0.3 is 11.9 Å². The number of hydrogen-bond donors (Lipinski definition) is 1. The summed E-state index contributed by atoms with van der Waals surface area (Å²) in [6.45, 7) is 5.20. The van der Waals surface area contributed by atoms with Gasteiger partial charge in [-0.1, -0.05) is 6.07 Å². The number of methoxy groups -OCH3 is 1. The van der Waals surface area contributed by atoms with Gasteiger partial charge in [0.2, 0.25) is 0 Å². The zero-order chi connectivity index (χ0) is 15.3. The van der Waals surface area contributed by atoms with Gasteiger partial charge in [0.1, 0.15) is 0 Å². The van der Waals surface area contributed by atoms with Crippen molar-refractivity contribution in [3.63, 3.8) is 0 Å². The Morgan fingerprint density at radius 2 is 1.90 bits per heavy atom. The lowest BCUT2D eigenvalue weighted by atomic mass is 9.97. The Hall–Kier alpha value is -2.04. The summed E-state index contributed by atoms with van der Waals surface area (Å²) in [4.78, 5) is 22.8. The van der Waals surface area contributed by atoms with Crippen molar-refractivity contribution in [1.29, 1.82) is 0 Å². The Morgan fingerprint density at radius 1 is 1.25 bits per heavy atom. The van der Waals surface area contributed by atoms with Gasteiger partial charge in [0, 0.05) is 6.42 Å². The van der Waals surface area contributed by atoms with E-state index in [1.807, 2.05) is 0 Å². The molecule has 0 unspecified atom stereocenters. The molecule has 0 heterocycles. The second-order valence-electron chi connectivity index (χ2n) is 5.52. The lowest BCUT2D eigenvalue weighted by Crippen LogP contribution is -2.25. The van der Waals surface area contributed by atoms with Gasteiger partial charge in [0.25, 0.3) is 0 Å². The fraction of sp³-hybridized carbons (Fsp3) is 0.467. The number of hydrogen-bond acceptors (Lipinski definition) is 5. The van der Waals surface area contributed by atoms with E-state index in [9.17, 15) is 14.7 Å². The zero-order valence-corrected chi connectivity index (χ0v) is 12.2. The van der Waals surface area contributed by atoms with E-state index in [-0.39, 0.29) is 23.9 Å². The molecule has 0 saturated carbocycles. The third kappa shape index (κ3) is 4.57. The lowest BCUT2D eigenvalue weighted by molar-refractivity contribution is -0.143. The lowest BCUT2D eigenvalue weighted by Gasteiger charge is -2.17. The number of esters is 2. The molecular weight excluding hydrogens is 260 g/mol. The van der Waals surface area contributed by atoms with Gasteiger partial charge in [-0.25, -0.2) is 0 Å². The number of rotatable bonds is 4. The number of aryl methyl sites for hydroxylation is 1. The van der Waals surface area contributed by atoms with Crippen molar-refractivity contribution in [3.8, 4) is 11.5 Å². The molecule has 0 saturated heterocycles. The fourth-order valence-corrected chi connectivity index (χ4v) is 1.41. The molecule has 1 aromatic carbocycles. The predicted molar refractivity (Wildman–Crippen MR) is 73.5 cm³/mol. The minimum atomic E-state index is -0.643. The molecule has 0 aliphatic carbocycles. The second-order valence-corrected chi connectivity index (χ2v) is 5.52. The van der Waals surface area contributed by atoms with Gasteiger partial charge in [-0.05, 0) is 44.9 Å². The molecular formula is C15H20O5. The third-order valence-corrected chi connectivity index (χ3v) is 2.68. The summed E-state index contributed by atoms with van der Waals surface area (Å²) in [6, 6.07) is 4.70. The summed E-state index contributed by atoms with van der Waals surface area (Å²) < 4.78 is 9.68. The molecule has 0 radical (unpaired) electrons. The van der Waals surface area contributed by atoms with Crippen LogP contribution in [0.2, 0.25) is 0 Å². The summed E-state index contributed by atoms with van der Waals surface area (Å²) in [7, 11) is 1.33. The number of phenolic OH excluding ortho intramolecular Hbond substituents is 1. The minimum absolute atomic E-state index is 0.117. The fourth-order valence-electron chi connectivity index (χ4n) is 1.41. The van der Waals surface area contributed by atoms with Crippen LogP contribution < -0.4 is 4.74 Å². The molecule has 1 aromatic rings. The van der Waals surface area contributed by atoms with E-state index in [2.05, 4.69) is 4.74 Å². The average molecular weight is 280 g/mol. The van der Waals surface area contributed by atoms with Crippen LogP contribution >= 0.6 is 0 Å². The SMILES string of the molecule is COC(=O)CCc1ccc(OC(=O)C(C)(C)C)c(O)c1. The van der Waals surface area contributed by atoms with Crippen molar-refractivity contribution in [2.75, 3.05) is 7.11 Å². The summed E-state index contributed by atoms with van der Waals surface area (Å²) >= 11 is 0. The van der Waals surface area contributed by atoms with Gasteiger partial charge < -0.3 is 14.6 Å². The van der Waals surface area contributed by atoms with E-state index in [0.29, 0.717) is 6.42 Å². The highest BCUT2D eigenvalue weighted by Gasteiger charge is 2.24. The first-order chi connectivity index (χ1) is 9.24. The third-order valence-electron chi connectivity index (χ3n) is 2.68. The molecule has 110 valence electrons. The van der Waals surface area contributed by atoms with E-state index >= 15 is 0 Å². The molecule has 0 amide bonds. The highest BCUT2D eigenvalue weighted by molar-refractivity contribution is 5.78. The summed E-state index contributed by atoms with van der Waals surface area (Å²) in [5.74, 6) is -0.737. The van der Waals surface area contributed by atoms with Gasteiger partial charge in [-0.15, -0.1) is 0 Å². The Kier molecular flexibility index (Phi) is 5.13. The first-order valence-corrected chi connectivity index (χ1v) is 6.35. The molecule has 0 aliphatic heterocycles. The monoisotopic (exact) mass is 280 g/mol. The van der Waals surface area contributed by atoms with Crippen LogP contribution in [0.1, 0.15) is 32.8 Å². The van der Waals surface area contributed by atoms with Crippen molar-refractivity contribution in [2.24, 2.45) is 5.41 Å². The number of ether oxygens (including phenoxy) is 2. The maximum atomic E-state index is 11.7. The molecule has 0 fully saturated rings.